The van der Waals surface area contributed by atoms with E-state index in [9.17, 15) is 14.7 Å². The molecule has 0 aliphatic heterocycles. The molecule has 0 fully saturated rings. The van der Waals surface area contributed by atoms with Gasteiger partial charge in [0, 0.05) is 9.60 Å². The lowest BCUT2D eigenvalue weighted by Crippen LogP contribution is -2.45. The molecule has 0 saturated carbocycles. The van der Waals surface area contributed by atoms with Gasteiger partial charge in [0.15, 0.2) is 0 Å². The van der Waals surface area contributed by atoms with Crippen LogP contribution in [-0.2, 0) is 4.79 Å². The van der Waals surface area contributed by atoms with Gasteiger partial charge >= 0.3 is 12.1 Å². The SMILES string of the molecule is [2H]C([2H])([2H])C([2H])(C([2H])([2H])[2H])C([2H])(NC(=O)Oc1ccccc1)C(=O)O. The standard InChI is InChI=1S/C12H15NO4/c1-8(2)10(11(14)15)13-12(16)17-9-6-4-3-5-7-9/h3-8,10H,1-2H3,(H,13,16)(H,14,15)/i1D3,2D3,8D,10D. The molecule has 1 aromatic rings. The van der Waals surface area contributed by atoms with E-state index < -0.39 is 37.7 Å². The third kappa shape index (κ3) is 4.14. The fraction of sp³-hybridized carbons (Fsp3) is 0.333. The first-order valence-corrected chi connectivity index (χ1v) is 4.45. The highest BCUT2D eigenvalue weighted by atomic mass is 16.6. The number of ether oxygens (including phenoxy) is 1. The predicted octanol–water partition coefficient (Wildman–Crippen LogP) is 1.88. The topological polar surface area (TPSA) is 75.6 Å². The summed E-state index contributed by atoms with van der Waals surface area (Å²) in [5, 5.41) is 10.6. The number of rotatable bonds is 4. The molecule has 0 aromatic heterocycles. The van der Waals surface area contributed by atoms with Crippen LogP contribution in [0.3, 0.4) is 0 Å². The average molecular weight is 245 g/mol. The Morgan fingerprint density at radius 2 is 2.06 bits per heavy atom. The third-order valence-electron chi connectivity index (χ3n) is 1.64. The maximum atomic E-state index is 11.9. The van der Waals surface area contributed by atoms with Gasteiger partial charge in [-0.05, 0) is 18.0 Å². The Kier molecular flexibility index (Phi) is 1.91. The van der Waals surface area contributed by atoms with E-state index >= 15 is 0 Å². The zero-order chi connectivity index (χ0) is 19.7. The molecule has 2 N–H and O–H groups in total. The Hall–Kier alpha value is -2.04. The summed E-state index contributed by atoms with van der Waals surface area (Å²) < 4.78 is 63.9. The Morgan fingerprint density at radius 3 is 2.59 bits per heavy atom. The Balaban J connectivity index is 3.30. The van der Waals surface area contributed by atoms with Gasteiger partial charge in [-0.25, -0.2) is 9.59 Å². The van der Waals surface area contributed by atoms with E-state index in [1.807, 2.05) is 0 Å². The molecule has 0 heterocycles. The number of amides is 1. The van der Waals surface area contributed by atoms with Gasteiger partial charge < -0.3 is 15.2 Å². The van der Waals surface area contributed by atoms with Gasteiger partial charge in [0.2, 0.25) is 0 Å². The van der Waals surface area contributed by atoms with E-state index in [-0.39, 0.29) is 5.75 Å². The number of aliphatic carboxylic acids is 1. The van der Waals surface area contributed by atoms with Crippen molar-refractivity contribution in [1.82, 2.24) is 5.32 Å². The molecule has 1 unspecified atom stereocenters. The fourth-order valence-electron chi connectivity index (χ4n) is 0.946. The van der Waals surface area contributed by atoms with Crippen molar-refractivity contribution in [3.8, 4) is 5.75 Å². The summed E-state index contributed by atoms with van der Waals surface area (Å²) >= 11 is 0. The third-order valence-corrected chi connectivity index (χ3v) is 1.64. The largest absolute Gasteiger partial charge is 0.480 e. The average Bonchev–Trinajstić information content (AvgIpc) is 2.44. The molecule has 0 radical (unpaired) electrons. The minimum Gasteiger partial charge on any atom is -0.480 e. The van der Waals surface area contributed by atoms with Gasteiger partial charge in [-0.3, -0.25) is 0 Å². The molecule has 1 amide bonds. The van der Waals surface area contributed by atoms with Crippen molar-refractivity contribution in [3.63, 3.8) is 0 Å². The molecule has 0 saturated heterocycles. The Morgan fingerprint density at radius 1 is 1.41 bits per heavy atom. The van der Waals surface area contributed by atoms with Crippen LogP contribution < -0.4 is 10.1 Å². The van der Waals surface area contributed by atoms with Gasteiger partial charge in [0.1, 0.15) is 11.8 Å². The van der Waals surface area contributed by atoms with Gasteiger partial charge in [0.05, 0.1) is 1.37 Å². The van der Waals surface area contributed by atoms with E-state index in [2.05, 4.69) is 0 Å². The molecule has 1 rings (SSSR count). The number of hydrogen-bond donors (Lipinski definition) is 2. The molecule has 5 heteroatoms. The number of benzene rings is 1. The van der Waals surface area contributed by atoms with Crippen molar-refractivity contribution in [1.29, 1.82) is 0 Å². The second-order valence-corrected chi connectivity index (χ2v) is 2.88. The minimum absolute atomic E-state index is 0.0638. The molecule has 0 aliphatic rings. The van der Waals surface area contributed by atoms with Crippen molar-refractivity contribution in [2.24, 2.45) is 5.89 Å². The second-order valence-electron chi connectivity index (χ2n) is 2.88. The van der Waals surface area contributed by atoms with Crippen molar-refractivity contribution >= 4 is 12.1 Å². The molecule has 1 aromatic carbocycles. The van der Waals surface area contributed by atoms with Crippen LogP contribution in [0.25, 0.3) is 0 Å². The van der Waals surface area contributed by atoms with E-state index in [1.54, 1.807) is 6.07 Å². The molecular weight excluding hydrogens is 222 g/mol. The maximum Gasteiger partial charge on any atom is 0.413 e. The summed E-state index contributed by atoms with van der Waals surface area (Å²) in [7, 11) is 0. The van der Waals surface area contributed by atoms with Gasteiger partial charge in [-0.2, -0.15) is 0 Å². The highest BCUT2D eigenvalue weighted by Crippen LogP contribution is 2.09. The normalized spacial score (nSPS) is 22.8. The van der Waals surface area contributed by atoms with Crippen LogP contribution in [-0.4, -0.2) is 23.2 Å². The molecule has 0 spiro atoms. The molecule has 0 bridgehead atoms. The fourth-order valence-corrected chi connectivity index (χ4v) is 0.946. The molecule has 17 heavy (non-hydrogen) atoms. The van der Waals surface area contributed by atoms with E-state index in [0.717, 1.165) is 0 Å². The van der Waals surface area contributed by atoms with Crippen molar-refractivity contribution in [2.45, 2.75) is 19.7 Å². The first kappa shape index (κ1) is 5.53. The minimum atomic E-state index is -3.87. The number of nitrogens with one attached hydrogen (secondary N) is 1. The molecule has 1 atom stereocenters. The number of carboxylic acids is 1. The Labute approximate surface area is 111 Å². The quantitative estimate of drug-likeness (QED) is 0.849. The van der Waals surface area contributed by atoms with Crippen molar-refractivity contribution in [3.05, 3.63) is 30.3 Å². The van der Waals surface area contributed by atoms with Crippen LogP contribution >= 0.6 is 0 Å². The zero-order valence-electron chi connectivity index (χ0n) is 16.6. The molecular formula is C12H15NO4. The smallest absolute Gasteiger partial charge is 0.413 e. The first-order valence-electron chi connectivity index (χ1n) is 8.45. The molecule has 5 nitrogen and oxygen atoms in total. The van der Waals surface area contributed by atoms with Crippen LogP contribution in [0.4, 0.5) is 4.79 Å². The lowest BCUT2D eigenvalue weighted by molar-refractivity contribution is -0.140. The maximum absolute atomic E-state index is 11.9. The van der Waals surface area contributed by atoms with E-state index in [1.165, 1.54) is 29.6 Å². The lowest BCUT2D eigenvalue weighted by atomic mass is 10.1. The Bertz CT molecular complexity index is 631. The summed E-state index contributed by atoms with van der Waals surface area (Å²) in [6.45, 7) is -7.48. The number of hydrogen-bond acceptors (Lipinski definition) is 3. The monoisotopic (exact) mass is 245 g/mol. The zero-order valence-corrected chi connectivity index (χ0v) is 8.56. The first-order chi connectivity index (χ1) is 11.2. The second kappa shape index (κ2) is 5.89. The van der Waals surface area contributed by atoms with Crippen LogP contribution in [0, 0.1) is 5.89 Å². The molecule has 92 valence electrons. The van der Waals surface area contributed by atoms with Gasteiger partial charge in [0.25, 0.3) is 0 Å². The highest BCUT2D eigenvalue weighted by molar-refractivity contribution is 5.81. The predicted molar refractivity (Wildman–Crippen MR) is 61.9 cm³/mol. The molecule has 0 aliphatic carbocycles. The van der Waals surface area contributed by atoms with Gasteiger partial charge in [-0.15, -0.1) is 0 Å². The number of para-hydroxylation sites is 1. The summed E-state index contributed by atoms with van der Waals surface area (Å²) in [5.74, 6) is -6.26. The lowest BCUT2D eigenvalue weighted by Gasteiger charge is -2.17. The van der Waals surface area contributed by atoms with Crippen molar-refractivity contribution in [2.75, 3.05) is 0 Å². The van der Waals surface area contributed by atoms with Crippen LogP contribution in [0.2, 0.25) is 0 Å². The summed E-state index contributed by atoms with van der Waals surface area (Å²) in [6.07, 6.45) is -1.59. The van der Waals surface area contributed by atoms with E-state index in [0.29, 0.717) is 0 Å². The summed E-state index contributed by atoms with van der Waals surface area (Å²) in [6, 6.07) is 3.44. The van der Waals surface area contributed by atoms with Crippen LogP contribution in [0.15, 0.2) is 30.3 Å². The van der Waals surface area contributed by atoms with Crippen molar-refractivity contribution < 1.29 is 30.4 Å². The highest BCUT2D eigenvalue weighted by Gasteiger charge is 2.24. The number of carboxylic acid groups (broad SMARTS) is 1. The number of carbonyl (C=O) groups excluding carboxylic acids is 1. The summed E-state index contributed by atoms with van der Waals surface area (Å²) in [5.41, 5.74) is 0. The van der Waals surface area contributed by atoms with Crippen LogP contribution in [0.5, 0.6) is 5.75 Å². The van der Waals surface area contributed by atoms with Crippen LogP contribution in [0.1, 0.15) is 24.7 Å². The van der Waals surface area contributed by atoms with E-state index in [4.69, 9.17) is 15.7 Å². The number of carbonyl (C=O) groups is 2. The van der Waals surface area contributed by atoms with Gasteiger partial charge in [-0.1, -0.05) is 31.9 Å². The summed E-state index contributed by atoms with van der Waals surface area (Å²) in [4.78, 5) is 23.3.